The van der Waals surface area contributed by atoms with Gasteiger partial charge < -0.3 is 9.88 Å². The standard InChI is InChI=1S/C26H22F3N3O3S/c1-17-22(25(33)31-19-9-11-20(12-10-19)36(2,34)35)16-32(15-18-6-5-13-30-14-18)24(17)21-7-3-4-8-23(21)26(27,28)29/h3-14,16H,15H2,1-2H3,(H,31,33). The van der Waals surface area contributed by atoms with Gasteiger partial charge in [0.05, 0.1) is 21.7 Å². The average molecular weight is 514 g/mol. The second kappa shape index (κ2) is 9.62. The van der Waals surface area contributed by atoms with Crippen LogP contribution >= 0.6 is 0 Å². The Kier molecular flexibility index (Phi) is 6.73. The Morgan fingerprint density at radius 3 is 2.33 bits per heavy atom. The number of rotatable bonds is 6. The molecule has 0 bridgehead atoms. The van der Waals surface area contributed by atoms with E-state index in [4.69, 9.17) is 0 Å². The molecule has 2 heterocycles. The summed E-state index contributed by atoms with van der Waals surface area (Å²) in [6.45, 7) is 1.80. The van der Waals surface area contributed by atoms with Gasteiger partial charge in [-0.25, -0.2) is 8.42 Å². The predicted molar refractivity (Wildman–Crippen MR) is 130 cm³/mol. The zero-order valence-electron chi connectivity index (χ0n) is 19.4. The van der Waals surface area contributed by atoms with Crippen molar-refractivity contribution >= 4 is 21.4 Å². The van der Waals surface area contributed by atoms with E-state index in [2.05, 4.69) is 10.3 Å². The molecule has 186 valence electrons. The highest BCUT2D eigenvalue weighted by molar-refractivity contribution is 7.90. The summed E-state index contributed by atoms with van der Waals surface area (Å²) in [5.41, 5.74) is 1.10. The topological polar surface area (TPSA) is 81.1 Å². The van der Waals surface area contributed by atoms with Crippen molar-refractivity contribution in [3.8, 4) is 11.3 Å². The number of hydrogen-bond donors (Lipinski definition) is 1. The van der Waals surface area contributed by atoms with Crippen LogP contribution in [0.1, 0.15) is 27.0 Å². The summed E-state index contributed by atoms with van der Waals surface area (Å²) >= 11 is 0. The Morgan fingerprint density at radius 1 is 1.03 bits per heavy atom. The largest absolute Gasteiger partial charge is 0.417 e. The molecule has 4 rings (SSSR count). The smallest absolute Gasteiger partial charge is 0.342 e. The number of carbonyl (C=O) groups excluding carboxylic acids is 1. The number of sulfone groups is 1. The van der Waals surface area contributed by atoms with Crippen LogP contribution in [0, 0.1) is 6.92 Å². The maximum absolute atomic E-state index is 13.9. The van der Waals surface area contributed by atoms with Gasteiger partial charge in [0.15, 0.2) is 9.84 Å². The molecule has 0 unspecified atom stereocenters. The highest BCUT2D eigenvalue weighted by Crippen LogP contribution is 2.39. The molecule has 0 radical (unpaired) electrons. The van der Waals surface area contributed by atoms with Crippen LogP contribution in [0.15, 0.2) is 84.1 Å². The van der Waals surface area contributed by atoms with Gasteiger partial charge in [0, 0.05) is 42.6 Å². The van der Waals surface area contributed by atoms with E-state index in [1.165, 1.54) is 48.7 Å². The first-order valence-corrected chi connectivity index (χ1v) is 12.7. The third-order valence-corrected chi connectivity index (χ3v) is 6.81. The minimum atomic E-state index is -4.59. The summed E-state index contributed by atoms with van der Waals surface area (Å²) in [6, 6.07) is 14.4. The number of nitrogens with one attached hydrogen (secondary N) is 1. The highest BCUT2D eigenvalue weighted by Gasteiger charge is 2.35. The number of pyridine rings is 1. The SMILES string of the molecule is Cc1c(C(=O)Nc2ccc(S(C)(=O)=O)cc2)cn(Cc2cccnc2)c1-c1ccccc1C(F)(F)F. The predicted octanol–water partition coefficient (Wildman–Crippen LogP) is 5.58. The van der Waals surface area contributed by atoms with E-state index >= 15 is 0 Å². The maximum Gasteiger partial charge on any atom is 0.417 e. The number of benzene rings is 2. The Bertz CT molecular complexity index is 1510. The first-order chi connectivity index (χ1) is 16.9. The second-order valence-electron chi connectivity index (χ2n) is 8.30. The molecule has 2 aromatic carbocycles. The number of hydrogen-bond acceptors (Lipinski definition) is 4. The number of amides is 1. The Balaban J connectivity index is 1.78. The van der Waals surface area contributed by atoms with Gasteiger partial charge in [-0.05, 0) is 54.4 Å². The molecule has 2 aromatic heterocycles. The fourth-order valence-corrected chi connectivity index (χ4v) is 4.61. The zero-order chi connectivity index (χ0) is 26.1. The fourth-order valence-electron chi connectivity index (χ4n) is 3.98. The van der Waals surface area contributed by atoms with Crippen LogP contribution in [-0.4, -0.2) is 30.1 Å². The lowest BCUT2D eigenvalue weighted by Gasteiger charge is -2.16. The second-order valence-corrected chi connectivity index (χ2v) is 10.3. The molecule has 0 spiro atoms. The molecular formula is C26H22F3N3O3S. The fraction of sp³-hybridized carbons (Fsp3) is 0.154. The number of alkyl halides is 3. The van der Waals surface area contributed by atoms with E-state index in [0.29, 0.717) is 11.3 Å². The van der Waals surface area contributed by atoms with Crippen LogP contribution in [0.25, 0.3) is 11.3 Å². The average Bonchev–Trinajstić information content (AvgIpc) is 3.14. The summed E-state index contributed by atoms with van der Waals surface area (Å²) in [5.74, 6) is -0.532. The van der Waals surface area contributed by atoms with Crippen molar-refractivity contribution in [3.05, 3.63) is 102 Å². The lowest BCUT2D eigenvalue weighted by Crippen LogP contribution is -2.12. The van der Waals surface area contributed by atoms with E-state index < -0.39 is 27.5 Å². The third kappa shape index (κ3) is 5.33. The quantitative estimate of drug-likeness (QED) is 0.365. The summed E-state index contributed by atoms with van der Waals surface area (Å²) < 4.78 is 66.5. The molecule has 1 N–H and O–H groups in total. The van der Waals surface area contributed by atoms with E-state index in [1.54, 1.807) is 36.0 Å². The van der Waals surface area contributed by atoms with Gasteiger partial charge >= 0.3 is 6.18 Å². The van der Waals surface area contributed by atoms with Crippen LogP contribution in [0.3, 0.4) is 0 Å². The van der Waals surface area contributed by atoms with Crippen molar-refractivity contribution in [1.82, 2.24) is 9.55 Å². The molecule has 6 nitrogen and oxygen atoms in total. The minimum absolute atomic E-state index is 0.0389. The Labute approximate surface area is 206 Å². The Morgan fingerprint density at radius 2 is 1.72 bits per heavy atom. The molecule has 0 saturated heterocycles. The summed E-state index contributed by atoms with van der Waals surface area (Å²) in [4.78, 5) is 17.3. The summed E-state index contributed by atoms with van der Waals surface area (Å²) in [5, 5.41) is 2.70. The molecule has 0 fully saturated rings. The van der Waals surface area contributed by atoms with E-state index in [0.717, 1.165) is 17.9 Å². The molecule has 0 aliphatic rings. The molecular weight excluding hydrogens is 491 g/mol. The van der Waals surface area contributed by atoms with Crippen molar-refractivity contribution in [2.45, 2.75) is 24.5 Å². The Hall–Kier alpha value is -3.92. The molecule has 0 atom stereocenters. The minimum Gasteiger partial charge on any atom is -0.342 e. The lowest BCUT2D eigenvalue weighted by molar-refractivity contribution is -0.137. The van der Waals surface area contributed by atoms with Crippen LogP contribution in [0.4, 0.5) is 18.9 Å². The summed E-state index contributed by atoms with van der Waals surface area (Å²) in [6.07, 6.45) is 1.21. The van der Waals surface area contributed by atoms with Crippen molar-refractivity contribution in [2.24, 2.45) is 0 Å². The number of aromatic nitrogens is 2. The number of halogens is 3. The van der Waals surface area contributed by atoms with Crippen LogP contribution < -0.4 is 5.32 Å². The molecule has 36 heavy (non-hydrogen) atoms. The summed E-state index contributed by atoms with van der Waals surface area (Å²) in [7, 11) is -3.40. The van der Waals surface area contributed by atoms with Gasteiger partial charge in [-0.15, -0.1) is 0 Å². The van der Waals surface area contributed by atoms with Gasteiger partial charge in [0.1, 0.15) is 0 Å². The van der Waals surface area contributed by atoms with Gasteiger partial charge in [0.2, 0.25) is 0 Å². The monoisotopic (exact) mass is 513 g/mol. The number of anilines is 1. The first-order valence-electron chi connectivity index (χ1n) is 10.8. The van der Waals surface area contributed by atoms with Crippen molar-refractivity contribution in [3.63, 3.8) is 0 Å². The lowest BCUT2D eigenvalue weighted by atomic mass is 10.00. The molecule has 10 heteroatoms. The molecule has 0 saturated carbocycles. The van der Waals surface area contributed by atoms with Gasteiger partial charge in [-0.2, -0.15) is 13.2 Å². The molecule has 0 aliphatic heterocycles. The van der Waals surface area contributed by atoms with E-state index in [9.17, 15) is 26.4 Å². The highest BCUT2D eigenvalue weighted by atomic mass is 32.2. The van der Waals surface area contributed by atoms with Crippen molar-refractivity contribution < 1.29 is 26.4 Å². The first kappa shape index (κ1) is 25.2. The third-order valence-electron chi connectivity index (χ3n) is 5.68. The van der Waals surface area contributed by atoms with Crippen LogP contribution in [0.5, 0.6) is 0 Å². The molecule has 0 aliphatic carbocycles. The van der Waals surface area contributed by atoms with Crippen LogP contribution in [0.2, 0.25) is 0 Å². The molecule has 1 amide bonds. The van der Waals surface area contributed by atoms with Crippen molar-refractivity contribution in [2.75, 3.05) is 11.6 Å². The van der Waals surface area contributed by atoms with E-state index in [1.807, 2.05) is 0 Å². The van der Waals surface area contributed by atoms with Gasteiger partial charge in [-0.3, -0.25) is 9.78 Å². The van der Waals surface area contributed by atoms with E-state index in [-0.39, 0.29) is 28.3 Å². The van der Waals surface area contributed by atoms with Crippen molar-refractivity contribution in [1.29, 1.82) is 0 Å². The normalized spacial score (nSPS) is 11.9. The zero-order valence-corrected chi connectivity index (χ0v) is 20.2. The van der Waals surface area contributed by atoms with Gasteiger partial charge in [0.25, 0.3) is 5.91 Å². The maximum atomic E-state index is 13.9. The molecule has 4 aromatic rings. The number of carbonyl (C=O) groups is 1. The number of nitrogens with zero attached hydrogens (tertiary/aromatic N) is 2. The van der Waals surface area contributed by atoms with Crippen LogP contribution in [-0.2, 0) is 22.6 Å². The van der Waals surface area contributed by atoms with Gasteiger partial charge in [-0.1, -0.05) is 24.3 Å².